The van der Waals surface area contributed by atoms with E-state index in [0.29, 0.717) is 11.1 Å². The maximum atomic E-state index is 11.3. The van der Waals surface area contributed by atoms with E-state index in [0.717, 1.165) is 12.1 Å². The molecule has 0 heterocycles. The average Bonchev–Trinajstić information content (AvgIpc) is 2.75. The molecule has 9 nitrogen and oxygen atoms in total. The molecular formula is C20H16N4O5. The van der Waals surface area contributed by atoms with E-state index in [1.807, 2.05) is 12.1 Å². The highest BCUT2D eigenvalue weighted by Crippen LogP contribution is 2.29. The third kappa shape index (κ3) is 4.60. The van der Waals surface area contributed by atoms with E-state index in [1.165, 1.54) is 6.07 Å². The summed E-state index contributed by atoms with van der Waals surface area (Å²) in [6.45, 7) is 0. The Labute approximate surface area is 165 Å². The van der Waals surface area contributed by atoms with Gasteiger partial charge in [0.25, 0.3) is 5.69 Å². The van der Waals surface area contributed by atoms with Gasteiger partial charge < -0.3 is 5.11 Å². The lowest BCUT2D eigenvalue weighted by Crippen LogP contribution is -2.15. The van der Waals surface area contributed by atoms with Crippen LogP contribution in [0, 0.1) is 20.2 Å². The number of nitro groups is 2. The van der Waals surface area contributed by atoms with Gasteiger partial charge in [-0.1, -0.05) is 60.7 Å². The van der Waals surface area contributed by atoms with E-state index in [9.17, 15) is 25.3 Å². The SMILES string of the molecule is O=[N+]([O-])c1ccc(N/N=C(\c2ccccc2)C(O)c2ccccc2)c([N+](=O)[O-])c1. The second-order valence-electron chi connectivity index (χ2n) is 6.00. The summed E-state index contributed by atoms with van der Waals surface area (Å²) in [5, 5.41) is 37.2. The number of benzene rings is 3. The van der Waals surface area contributed by atoms with Gasteiger partial charge in [0.1, 0.15) is 17.5 Å². The molecule has 0 amide bonds. The minimum absolute atomic E-state index is 0.0331. The van der Waals surface area contributed by atoms with Crippen LogP contribution in [0.3, 0.4) is 0 Å². The fourth-order valence-corrected chi connectivity index (χ4v) is 2.69. The van der Waals surface area contributed by atoms with Crippen molar-refractivity contribution in [2.75, 3.05) is 5.43 Å². The minimum Gasteiger partial charge on any atom is -0.382 e. The normalized spacial score (nSPS) is 12.2. The molecule has 3 aromatic carbocycles. The first-order valence-corrected chi connectivity index (χ1v) is 8.52. The second kappa shape index (κ2) is 8.72. The maximum absolute atomic E-state index is 11.3. The van der Waals surface area contributed by atoms with Crippen LogP contribution in [0.1, 0.15) is 17.2 Å². The van der Waals surface area contributed by atoms with E-state index in [-0.39, 0.29) is 11.4 Å². The Morgan fingerprint density at radius 3 is 2.10 bits per heavy atom. The van der Waals surface area contributed by atoms with Crippen molar-refractivity contribution < 1.29 is 15.0 Å². The molecule has 9 heteroatoms. The highest BCUT2D eigenvalue weighted by molar-refractivity contribution is 6.04. The van der Waals surface area contributed by atoms with E-state index in [2.05, 4.69) is 10.5 Å². The van der Waals surface area contributed by atoms with Crippen LogP contribution in [0.5, 0.6) is 0 Å². The van der Waals surface area contributed by atoms with Gasteiger partial charge in [-0.25, -0.2) is 0 Å². The highest BCUT2D eigenvalue weighted by atomic mass is 16.6. The van der Waals surface area contributed by atoms with Crippen LogP contribution >= 0.6 is 0 Å². The minimum atomic E-state index is -1.09. The van der Waals surface area contributed by atoms with Gasteiger partial charge in [-0.3, -0.25) is 25.7 Å². The third-order valence-corrected chi connectivity index (χ3v) is 4.13. The number of non-ortho nitro benzene ring substituents is 1. The van der Waals surface area contributed by atoms with Gasteiger partial charge in [-0.15, -0.1) is 0 Å². The second-order valence-corrected chi connectivity index (χ2v) is 6.00. The summed E-state index contributed by atoms with van der Waals surface area (Å²) in [6.07, 6.45) is -1.09. The van der Waals surface area contributed by atoms with Crippen molar-refractivity contribution in [3.63, 3.8) is 0 Å². The van der Waals surface area contributed by atoms with Gasteiger partial charge in [0, 0.05) is 11.6 Å². The summed E-state index contributed by atoms with van der Waals surface area (Å²) in [4.78, 5) is 20.7. The number of hydrogen-bond donors (Lipinski definition) is 2. The average molecular weight is 392 g/mol. The van der Waals surface area contributed by atoms with Gasteiger partial charge in [-0.2, -0.15) is 5.10 Å². The maximum Gasteiger partial charge on any atom is 0.301 e. The van der Waals surface area contributed by atoms with Crippen LogP contribution in [-0.4, -0.2) is 20.7 Å². The molecule has 0 radical (unpaired) electrons. The fourth-order valence-electron chi connectivity index (χ4n) is 2.69. The molecule has 1 atom stereocenters. The number of hydrazone groups is 1. The van der Waals surface area contributed by atoms with Gasteiger partial charge >= 0.3 is 5.69 Å². The Hall–Kier alpha value is -4.11. The molecule has 3 rings (SSSR count). The zero-order chi connectivity index (χ0) is 20.8. The number of anilines is 1. The molecular weight excluding hydrogens is 376 g/mol. The lowest BCUT2D eigenvalue weighted by molar-refractivity contribution is -0.393. The van der Waals surface area contributed by atoms with Crippen molar-refractivity contribution in [3.05, 3.63) is 110 Å². The molecule has 0 aliphatic heterocycles. The largest absolute Gasteiger partial charge is 0.382 e. The molecule has 0 fully saturated rings. The van der Waals surface area contributed by atoms with Crippen LogP contribution in [0.15, 0.2) is 84.0 Å². The molecule has 2 N–H and O–H groups in total. The fraction of sp³-hybridized carbons (Fsp3) is 0.0500. The van der Waals surface area contributed by atoms with Crippen molar-refractivity contribution in [3.8, 4) is 0 Å². The zero-order valence-corrected chi connectivity index (χ0v) is 15.0. The lowest BCUT2D eigenvalue weighted by atomic mass is 9.99. The van der Waals surface area contributed by atoms with Crippen molar-refractivity contribution in [2.45, 2.75) is 6.10 Å². The van der Waals surface area contributed by atoms with Gasteiger partial charge in [0.15, 0.2) is 0 Å². The van der Waals surface area contributed by atoms with E-state index < -0.39 is 27.3 Å². The van der Waals surface area contributed by atoms with Crippen LogP contribution in [0.4, 0.5) is 17.1 Å². The number of nitrogens with one attached hydrogen (secondary N) is 1. The summed E-state index contributed by atoms with van der Waals surface area (Å²) >= 11 is 0. The smallest absolute Gasteiger partial charge is 0.301 e. The first kappa shape index (κ1) is 19.6. The summed E-state index contributed by atoms with van der Waals surface area (Å²) in [6, 6.07) is 20.9. The van der Waals surface area contributed by atoms with Crippen LogP contribution in [0.25, 0.3) is 0 Å². The quantitative estimate of drug-likeness (QED) is 0.354. The topological polar surface area (TPSA) is 131 Å². The molecule has 1 unspecified atom stereocenters. The third-order valence-electron chi connectivity index (χ3n) is 4.13. The number of aliphatic hydroxyl groups excluding tert-OH is 1. The Bertz CT molecular complexity index is 1050. The first-order chi connectivity index (χ1) is 14.0. The number of rotatable bonds is 7. The predicted octanol–water partition coefficient (Wildman–Crippen LogP) is 4.05. The molecule has 146 valence electrons. The Kier molecular flexibility index (Phi) is 5.91. The monoisotopic (exact) mass is 392 g/mol. The number of nitrogens with zero attached hydrogens (tertiary/aromatic N) is 3. The summed E-state index contributed by atoms with van der Waals surface area (Å²) < 4.78 is 0. The summed E-state index contributed by atoms with van der Waals surface area (Å²) in [5.74, 6) is 0. The summed E-state index contributed by atoms with van der Waals surface area (Å²) in [5.41, 5.74) is 3.09. The first-order valence-electron chi connectivity index (χ1n) is 8.52. The standard InChI is InChI=1S/C20H16N4O5/c25-20(15-9-5-2-6-10-15)19(14-7-3-1-4-8-14)22-21-17-12-11-16(23(26)27)13-18(17)24(28)29/h1-13,20-21,25H/b22-19+. The highest BCUT2D eigenvalue weighted by Gasteiger charge is 2.21. The van der Waals surface area contributed by atoms with E-state index in [1.54, 1.807) is 48.5 Å². The summed E-state index contributed by atoms with van der Waals surface area (Å²) in [7, 11) is 0. The molecule has 0 aliphatic rings. The van der Waals surface area contributed by atoms with Crippen molar-refractivity contribution >= 4 is 22.8 Å². The Balaban J connectivity index is 2.01. The molecule has 0 spiro atoms. The van der Waals surface area contributed by atoms with Crippen LogP contribution < -0.4 is 5.43 Å². The van der Waals surface area contributed by atoms with E-state index in [4.69, 9.17) is 0 Å². The molecule has 0 saturated carbocycles. The van der Waals surface area contributed by atoms with Crippen molar-refractivity contribution in [2.24, 2.45) is 5.10 Å². The molecule has 0 aliphatic carbocycles. The predicted molar refractivity (Wildman–Crippen MR) is 108 cm³/mol. The Morgan fingerprint density at radius 1 is 0.897 bits per heavy atom. The molecule has 3 aromatic rings. The van der Waals surface area contributed by atoms with Crippen LogP contribution in [-0.2, 0) is 0 Å². The molecule has 0 saturated heterocycles. The Morgan fingerprint density at radius 2 is 1.52 bits per heavy atom. The number of aliphatic hydroxyl groups is 1. The van der Waals surface area contributed by atoms with Crippen molar-refractivity contribution in [1.29, 1.82) is 0 Å². The van der Waals surface area contributed by atoms with E-state index >= 15 is 0 Å². The van der Waals surface area contributed by atoms with Gasteiger partial charge in [-0.05, 0) is 11.6 Å². The molecule has 0 aromatic heterocycles. The molecule has 29 heavy (non-hydrogen) atoms. The van der Waals surface area contributed by atoms with Crippen LogP contribution in [0.2, 0.25) is 0 Å². The lowest BCUT2D eigenvalue weighted by Gasteiger charge is -2.15. The number of nitro benzene ring substituents is 2. The van der Waals surface area contributed by atoms with Gasteiger partial charge in [0.05, 0.1) is 15.9 Å². The van der Waals surface area contributed by atoms with Crippen molar-refractivity contribution in [1.82, 2.24) is 0 Å². The molecule has 0 bridgehead atoms. The number of hydrogen-bond acceptors (Lipinski definition) is 7. The zero-order valence-electron chi connectivity index (χ0n) is 15.0. The van der Waals surface area contributed by atoms with Gasteiger partial charge in [0.2, 0.25) is 0 Å².